The number of carbonyl (C=O) groups excluding carboxylic acids is 1. The minimum absolute atomic E-state index is 0.0457. The summed E-state index contributed by atoms with van der Waals surface area (Å²) in [5, 5.41) is 18.0. The largest absolute Gasteiger partial charge is 0.508 e. The van der Waals surface area contributed by atoms with Gasteiger partial charge in [-0.25, -0.2) is 4.79 Å². The molecule has 0 bridgehead atoms. The van der Waals surface area contributed by atoms with Gasteiger partial charge in [0.15, 0.2) is 0 Å². The zero-order valence-corrected chi connectivity index (χ0v) is 13.3. The van der Waals surface area contributed by atoms with E-state index in [0.29, 0.717) is 36.8 Å². The minimum atomic E-state index is -0.851. The fraction of sp³-hybridized carbons (Fsp3) is 0.222. The fourth-order valence-electron chi connectivity index (χ4n) is 2.49. The van der Waals surface area contributed by atoms with Gasteiger partial charge < -0.3 is 19.7 Å². The molecule has 1 aliphatic heterocycles. The van der Waals surface area contributed by atoms with Gasteiger partial charge in [-0.3, -0.25) is 9.69 Å². The zero-order chi connectivity index (χ0) is 17.8. The number of fused-ring (bicyclic) bond motifs is 1. The molecule has 2 aromatic carbocycles. The maximum Gasteiger partial charge on any atom is 0.420 e. The first-order valence-corrected chi connectivity index (χ1v) is 7.79. The van der Waals surface area contributed by atoms with Crippen molar-refractivity contribution in [1.29, 1.82) is 0 Å². The molecule has 0 atom stereocenters. The number of amides is 1. The Morgan fingerprint density at radius 2 is 1.96 bits per heavy atom. The lowest BCUT2D eigenvalue weighted by Crippen LogP contribution is -2.36. The Morgan fingerprint density at radius 1 is 1.20 bits per heavy atom. The van der Waals surface area contributed by atoms with Crippen molar-refractivity contribution in [3.8, 4) is 17.2 Å². The third kappa shape index (κ3) is 4.00. The number of carboxylic acids is 1. The number of anilines is 1. The van der Waals surface area contributed by atoms with E-state index in [1.165, 1.54) is 11.0 Å². The van der Waals surface area contributed by atoms with Gasteiger partial charge in [-0.2, -0.15) is 0 Å². The molecule has 2 aromatic rings. The number of hydrogen-bond acceptors (Lipinski definition) is 5. The number of benzene rings is 2. The van der Waals surface area contributed by atoms with Crippen LogP contribution in [0.25, 0.3) is 0 Å². The van der Waals surface area contributed by atoms with E-state index in [1.807, 2.05) is 0 Å². The Morgan fingerprint density at radius 3 is 2.68 bits per heavy atom. The standard InChI is InChI=1S/C18H17NO6/c20-14-6-3-12-11-19(18(23)25-16(12)10-14)13-4-7-15(8-5-13)24-9-1-2-17(21)22/h3-8,10,20H,1-2,9,11H2,(H,21,22). The van der Waals surface area contributed by atoms with E-state index in [-0.39, 0.29) is 12.2 Å². The lowest BCUT2D eigenvalue weighted by Gasteiger charge is -2.28. The monoisotopic (exact) mass is 343 g/mol. The van der Waals surface area contributed by atoms with E-state index in [4.69, 9.17) is 14.6 Å². The van der Waals surface area contributed by atoms with Crippen LogP contribution in [0.3, 0.4) is 0 Å². The summed E-state index contributed by atoms with van der Waals surface area (Å²) < 4.78 is 10.7. The lowest BCUT2D eigenvalue weighted by atomic mass is 10.1. The highest BCUT2D eigenvalue weighted by Crippen LogP contribution is 2.32. The second kappa shape index (κ2) is 7.12. The number of nitrogens with zero attached hydrogens (tertiary/aromatic N) is 1. The van der Waals surface area contributed by atoms with Crippen molar-refractivity contribution in [2.24, 2.45) is 0 Å². The first-order valence-electron chi connectivity index (χ1n) is 7.79. The minimum Gasteiger partial charge on any atom is -0.508 e. The number of hydrogen-bond donors (Lipinski definition) is 2. The molecular weight excluding hydrogens is 326 g/mol. The van der Waals surface area contributed by atoms with Gasteiger partial charge in [0, 0.05) is 23.7 Å². The van der Waals surface area contributed by atoms with Crippen molar-refractivity contribution in [3.05, 3.63) is 48.0 Å². The molecule has 0 aromatic heterocycles. The summed E-state index contributed by atoms with van der Waals surface area (Å²) in [4.78, 5) is 24.1. The first kappa shape index (κ1) is 16.6. The Balaban J connectivity index is 1.65. The summed E-state index contributed by atoms with van der Waals surface area (Å²) in [6.45, 7) is 0.654. The van der Waals surface area contributed by atoms with Gasteiger partial charge in [0.1, 0.15) is 17.2 Å². The molecular formula is C18H17NO6. The number of phenolic OH excluding ortho intramolecular Hbond substituents is 1. The highest BCUT2D eigenvalue weighted by atomic mass is 16.6. The van der Waals surface area contributed by atoms with Gasteiger partial charge in [0.2, 0.25) is 0 Å². The molecule has 1 amide bonds. The van der Waals surface area contributed by atoms with Gasteiger partial charge >= 0.3 is 12.1 Å². The molecule has 3 rings (SSSR count). The smallest absolute Gasteiger partial charge is 0.420 e. The lowest BCUT2D eigenvalue weighted by molar-refractivity contribution is -0.137. The van der Waals surface area contributed by atoms with Crippen LogP contribution in [-0.2, 0) is 11.3 Å². The molecule has 7 nitrogen and oxygen atoms in total. The molecule has 0 radical (unpaired) electrons. The van der Waals surface area contributed by atoms with Gasteiger partial charge in [0.25, 0.3) is 0 Å². The van der Waals surface area contributed by atoms with Crippen molar-refractivity contribution in [2.45, 2.75) is 19.4 Å². The Hall–Kier alpha value is -3.22. The predicted octanol–water partition coefficient (Wildman–Crippen LogP) is 3.15. The van der Waals surface area contributed by atoms with Crippen LogP contribution in [0.2, 0.25) is 0 Å². The fourth-order valence-corrected chi connectivity index (χ4v) is 2.49. The van der Waals surface area contributed by atoms with Crippen molar-refractivity contribution in [2.75, 3.05) is 11.5 Å². The molecule has 0 unspecified atom stereocenters. The normalized spacial score (nSPS) is 13.1. The summed E-state index contributed by atoms with van der Waals surface area (Å²) in [5.41, 5.74) is 1.45. The van der Waals surface area contributed by atoms with E-state index in [2.05, 4.69) is 0 Å². The Labute approximate surface area is 144 Å². The molecule has 7 heteroatoms. The van der Waals surface area contributed by atoms with E-state index < -0.39 is 12.1 Å². The molecule has 130 valence electrons. The number of ether oxygens (including phenoxy) is 2. The zero-order valence-electron chi connectivity index (χ0n) is 13.3. The van der Waals surface area contributed by atoms with Gasteiger partial charge in [-0.15, -0.1) is 0 Å². The van der Waals surface area contributed by atoms with Crippen LogP contribution in [-0.4, -0.2) is 28.9 Å². The van der Waals surface area contributed by atoms with E-state index in [1.54, 1.807) is 36.4 Å². The summed E-state index contributed by atoms with van der Waals surface area (Å²) in [6.07, 6.45) is -0.0283. The van der Waals surface area contributed by atoms with Crippen molar-refractivity contribution >= 4 is 17.7 Å². The van der Waals surface area contributed by atoms with E-state index in [9.17, 15) is 14.7 Å². The molecule has 0 saturated carbocycles. The van der Waals surface area contributed by atoms with Crippen LogP contribution in [0.4, 0.5) is 10.5 Å². The third-order valence-electron chi connectivity index (χ3n) is 3.75. The quantitative estimate of drug-likeness (QED) is 0.782. The van der Waals surface area contributed by atoms with Crippen LogP contribution in [0.1, 0.15) is 18.4 Å². The summed E-state index contributed by atoms with van der Waals surface area (Å²) in [6, 6.07) is 11.6. The number of carboxylic acid groups (broad SMARTS) is 1. The molecule has 2 N–H and O–H groups in total. The van der Waals surface area contributed by atoms with Gasteiger partial charge in [-0.05, 0) is 42.8 Å². The second-order valence-electron chi connectivity index (χ2n) is 5.59. The van der Waals surface area contributed by atoms with Gasteiger partial charge in [-0.1, -0.05) is 0 Å². The van der Waals surface area contributed by atoms with Crippen LogP contribution in [0, 0.1) is 0 Å². The summed E-state index contributed by atoms with van der Waals surface area (Å²) >= 11 is 0. The molecule has 0 aliphatic carbocycles. The third-order valence-corrected chi connectivity index (χ3v) is 3.75. The van der Waals surface area contributed by atoms with E-state index >= 15 is 0 Å². The average Bonchev–Trinajstić information content (AvgIpc) is 2.58. The number of phenols is 1. The highest BCUT2D eigenvalue weighted by molar-refractivity contribution is 5.91. The number of rotatable bonds is 6. The van der Waals surface area contributed by atoms with Crippen LogP contribution < -0.4 is 14.4 Å². The average molecular weight is 343 g/mol. The number of aliphatic carboxylic acids is 1. The van der Waals surface area contributed by atoms with Crippen molar-refractivity contribution in [3.63, 3.8) is 0 Å². The SMILES string of the molecule is O=C(O)CCCOc1ccc(N2Cc3ccc(O)cc3OC2=O)cc1. The van der Waals surface area contributed by atoms with Crippen LogP contribution in [0.5, 0.6) is 17.2 Å². The summed E-state index contributed by atoms with van der Waals surface area (Å²) in [5.74, 6) is 0.157. The number of carbonyl (C=O) groups is 2. The van der Waals surface area contributed by atoms with E-state index in [0.717, 1.165) is 5.56 Å². The molecule has 0 saturated heterocycles. The molecule has 1 aliphatic rings. The Kier molecular flexibility index (Phi) is 4.74. The topological polar surface area (TPSA) is 96.3 Å². The highest BCUT2D eigenvalue weighted by Gasteiger charge is 2.26. The van der Waals surface area contributed by atoms with Crippen LogP contribution in [0.15, 0.2) is 42.5 Å². The maximum absolute atomic E-state index is 12.2. The first-order chi connectivity index (χ1) is 12.0. The summed E-state index contributed by atoms with van der Waals surface area (Å²) in [7, 11) is 0. The second-order valence-corrected chi connectivity index (χ2v) is 5.59. The predicted molar refractivity (Wildman–Crippen MR) is 89.1 cm³/mol. The Bertz CT molecular complexity index is 787. The molecule has 0 fully saturated rings. The molecule has 25 heavy (non-hydrogen) atoms. The van der Waals surface area contributed by atoms with Crippen molar-refractivity contribution < 1.29 is 29.3 Å². The number of aromatic hydroxyl groups is 1. The molecule has 1 heterocycles. The van der Waals surface area contributed by atoms with Crippen molar-refractivity contribution in [1.82, 2.24) is 0 Å². The van der Waals surface area contributed by atoms with Crippen LogP contribution >= 0.6 is 0 Å². The maximum atomic E-state index is 12.2. The van der Waals surface area contributed by atoms with Gasteiger partial charge in [0.05, 0.1) is 13.2 Å². The molecule has 0 spiro atoms.